The quantitative estimate of drug-likeness (QED) is 0.0129. The highest BCUT2D eigenvalue weighted by molar-refractivity contribution is 8.00. The number of carboxylic acid groups (broad SMARTS) is 1. The molecule has 0 aromatic carbocycles. The highest BCUT2D eigenvalue weighted by Crippen LogP contribution is 2.36. The summed E-state index contributed by atoms with van der Waals surface area (Å²) in [5.41, 5.74) is 6.10. The van der Waals surface area contributed by atoms with E-state index < -0.39 is 62.4 Å². The van der Waals surface area contributed by atoms with Gasteiger partial charge in [0, 0.05) is 23.8 Å². The summed E-state index contributed by atoms with van der Waals surface area (Å²) in [7, 11) is -4.90. The number of hydrogen-bond donors (Lipinski definition) is 5. The molecule has 0 spiro atoms. The zero-order chi connectivity index (χ0) is 43.1. The van der Waals surface area contributed by atoms with Crippen molar-refractivity contribution in [2.24, 2.45) is 5.73 Å². The molecular weight excluding hydrogens is 782 g/mol. The van der Waals surface area contributed by atoms with Gasteiger partial charge in [-0.15, -0.1) is 11.8 Å². The van der Waals surface area contributed by atoms with E-state index in [1.54, 1.807) is 12.2 Å². The number of aliphatic hydroxyl groups excluding tert-OH is 1. The van der Waals surface area contributed by atoms with Crippen molar-refractivity contribution in [3.05, 3.63) is 72.9 Å². The number of phosphoric acid groups is 1. The SMILES string of the molecule is CCCCC/C=C\C\C=C/C=C/C=C/[C@@H](SC[C@H](N)C(=O)OC[C@H](COP(=O)(O)O)OC(=O)CCCCCCC/C=C\C/C=C\CCCCC)[C@@H](O)CCCC(=O)O. The summed E-state index contributed by atoms with van der Waals surface area (Å²) < 4.78 is 26.5. The van der Waals surface area contributed by atoms with Crippen LogP contribution in [0.5, 0.6) is 0 Å². The molecule has 0 unspecified atom stereocenters. The molecule has 0 aromatic heterocycles. The van der Waals surface area contributed by atoms with Gasteiger partial charge in [0.1, 0.15) is 12.6 Å². The molecular formula is C44H74NO11PS. The lowest BCUT2D eigenvalue weighted by atomic mass is 10.1. The van der Waals surface area contributed by atoms with Crippen LogP contribution in [0.15, 0.2) is 72.9 Å². The molecule has 14 heteroatoms. The third kappa shape index (κ3) is 37.5. The van der Waals surface area contributed by atoms with Crippen LogP contribution in [-0.2, 0) is 32.9 Å². The Balaban J connectivity index is 4.89. The molecule has 0 radical (unpaired) electrons. The lowest BCUT2D eigenvalue weighted by Crippen LogP contribution is -2.38. The minimum absolute atomic E-state index is 0.0360. The number of thioether (sulfide) groups is 1. The number of esters is 2. The number of unbranched alkanes of at least 4 members (excludes halogenated alkanes) is 11. The van der Waals surface area contributed by atoms with Crippen molar-refractivity contribution in [1.29, 1.82) is 0 Å². The van der Waals surface area contributed by atoms with Crippen molar-refractivity contribution < 1.29 is 52.9 Å². The fourth-order valence-corrected chi connectivity index (χ4v) is 6.86. The molecule has 0 saturated carbocycles. The van der Waals surface area contributed by atoms with E-state index in [1.807, 2.05) is 24.3 Å². The van der Waals surface area contributed by atoms with Crippen LogP contribution in [0.1, 0.15) is 142 Å². The molecule has 0 fully saturated rings. The lowest BCUT2D eigenvalue weighted by Gasteiger charge is -2.22. The van der Waals surface area contributed by atoms with Crippen LogP contribution in [0.25, 0.3) is 0 Å². The standard InChI is InChI=1S/C44H74NO11PS/c1-3-5-7-9-11-13-15-17-18-19-21-23-25-27-29-34-43(49)56-38(36-55-57(51,52)53)35-54-44(50)39(45)37-58-41(40(46)31-30-33-42(47)48)32-28-26-24-22-20-16-14-12-10-8-6-4-2/h11-14,17-18,20,22,24,26,28,32,38-41,46H,3-10,15-16,19,21,23,25,27,29-31,33-37,45H2,1-2H3,(H,47,48)(H2,51,52,53)/b13-11-,14-12-,18-17-,22-20-,26-24+,32-28+/t38-,39+,40+,41-/m1/s1. The van der Waals surface area contributed by atoms with Crippen LogP contribution in [0.3, 0.4) is 0 Å². The van der Waals surface area contributed by atoms with E-state index >= 15 is 0 Å². The highest BCUT2D eigenvalue weighted by Gasteiger charge is 2.26. The number of phosphoric ester groups is 1. The number of hydrogen-bond acceptors (Lipinski definition) is 10. The van der Waals surface area contributed by atoms with E-state index in [1.165, 1.54) is 50.3 Å². The maximum Gasteiger partial charge on any atom is 0.469 e. The van der Waals surface area contributed by atoms with Crippen molar-refractivity contribution in [3.8, 4) is 0 Å². The van der Waals surface area contributed by atoms with Crippen LogP contribution < -0.4 is 5.73 Å². The third-order valence-electron chi connectivity index (χ3n) is 8.69. The first-order valence-electron chi connectivity index (χ1n) is 21.2. The van der Waals surface area contributed by atoms with Crippen molar-refractivity contribution in [1.82, 2.24) is 0 Å². The predicted octanol–water partition coefficient (Wildman–Crippen LogP) is 9.60. The second-order valence-corrected chi connectivity index (χ2v) is 16.6. The Kier molecular flexibility index (Phi) is 36.6. The van der Waals surface area contributed by atoms with E-state index in [0.29, 0.717) is 6.42 Å². The topological polar surface area (TPSA) is 203 Å². The van der Waals surface area contributed by atoms with Crippen LogP contribution >= 0.6 is 19.6 Å². The minimum atomic E-state index is -4.90. The summed E-state index contributed by atoms with van der Waals surface area (Å²) in [4.78, 5) is 54.7. The Hall–Kier alpha value is -2.77. The van der Waals surface area contributed by atoms with E-state index in [-0.39, 0.29) is 31.4 Å². The molecule has 0 saturated heterocycles. The number of carbonyl (C=O) groups excluding carboxylic acids is 2. The van der Waals surface area contributed by atoms with Crippen LogP contribution in [0, 0.1) is 0 Å². The number of ether oxygens (including phenoxy) is 2. The normalized spacial score (nSPS) is 14.7. The molecule has 0 bridgehead atoms. The number of nitrogens with two attached hydrogens (primary N) is 1. The van der Waals surface area contributed by atoms with Gasteiger partial charge in [-0.3, -0.25) is 18.9 Å². The number of aliphatic hydroxyl groups is 1. The largest absolute Gasteiger partial charge is 0.481 e. The first kappa shape index (κ1) is 55.2. The maximum absolute atomic E-state index is 12.8. The maximum atomic E-state index is 12.8. The highest BCUT2D eigenvalue weighted by atomic mass is 32.2. The Bertz CT molecular complexity index is 1290. The number of carboxylic acids is 1. The van der Waals surface area contributed by atoms with Gasteiger partial charge >= 0.3 is 25.7 Å². The summed E-state index contributed by atoms with van der Waals surface area (Å²) in [6.07, 6.45) is 39.5. The van der Waals surface area contributed by atoms with E-state index in [9.17, 15) is 33.8 Å². The Morgan fingerprint density at radius 1 is 0.707 bits per heavy atom. The lowest BCUT2D eigenvalue weighted by molar-refractivity contribution is -0.161. The molecule has 6 N–H and O–H groups in total. The summed E-state index contributed by atoms with van der Waals surface area (Å²) in [6.45, 7) is 3.16. The van der Waals surface area contributed by atoms with Crippen LogP contribution in [0.2, 0.25) is 0 Å². The molecule has 0 rings (SSSR count). The van der Waals surface area contributed by atoms with E-state index in [2.05, 4.69) is 54.8 Å². The molecule has 0 aliphatic carbocycles. The Morgan fingerprint density at radius 2 is 1.28 bits per heavy atom. The molecule has 0 aliphatic rings. The second kappa shape index (κ2) is 38.4. The van der Waals surface area contributed by atoms with Crippen molar-refractivity contribution >= 4 is 37.5 Å². The number of carbonyl (C=O) groups is 3. The van der Waals surface area contributed by atoms with Crippen molar-refractivity contribution in [2.75, 3.05) is 19.0 Å². The third-order valence-corrected chi connectivity index (χ3v) is 10.6. The van der Waals surface area contributed by atoms with Crippen LogP contribution in [-0.4, -0.2) is 80.4 Å². The zero-order valence-corrected chi connectivity index (χ0v) is 36.8. The first-order chi connectivity index (χ1) is 27.9. The van der Waals surface area contributed by atoms with Gasteiger partial charge in [-0.1, -0.05) is 132 Å². The average Bonchev–Trinajstić information content (AvgIpc) is 3.18. The van der Waals surface area contributed by atoms with Gasteiger partial charge in [0.2, 0.25) is 0 Å². The van der Waals surface area contributed by atoms with Gasteiger partial charge in [-0.2, -0.15) is 0 Å². The molecule has 58 heavy (non-hydrogen) atoms. The predicted molar refractivity (Wildman–Crippen MR) is 235 cm³/mol. The van der Waals surface area contributed by atoms with Gasteiger partial charge < -0.3 is 35.2 Å². The number of allylic oxidation sites excluding steroid dienone is 11. The molecule has 4 atom stereocenters. The molecule has 0 aromatic rings. The fraction of sp³-hybridized carbons (Fsp3) is 0.659. The molecule has 0 heterocycles. The summed E-state index contributed by atoms with van der Waals surface area (Å²) >= 11 is 1.20. The van der Waals surface area contributed by atoms with Crippen LogP contribution in [0.4, 0.5) is 0 Å². The average molecular weight is 856 g/mol. The van der Waals surface area contributed by atoms with Gasteiger partial charge in [0.25, 0.3) is 0 Å². The Labute approximate surface area is 352 Å². The van der Waals surface area contributed by atoms with E-state index in [0.717, 1.165) is 57.8 Å². The summed E-state index contributed by atoms with van der Waals surface area (Å²) in [6, 6.07) is -1.15. The minimum Gasteiger partial charge on any atom is -0.481 e. The molecule has 332 valence electrons. The van der Waals surface area contributed by atoms with Crippen molar-refractivity contribution in [2.45, 2.75) is 166 Å². The number of aliphatic carboxylic acids is 1. The first-order valence-corrected chi connectivity index (χ1v) is 23.8. The molecule has 0 amide bonds. The molecule has 0 aliphatic heterocycles. The second-order valence-electron chi connectivity index (χ2n) is 14.2. The van der Waals surface area contributed by atoms with Gasteiger partial charge in [-0.05, 0) is 70.6 Å². The van der Waals surface area contributed by atoms with Gasteiger partial charge in [0.05, 0.1) is 12.7 Å². The fourth-order valence-electron chi connectivity index (χ4n) is 5.37. The summed E-state index contributed by atoms with van der Waals surface area (Å²) in [5, 5.41) is 19.3. The smallest absolute Gasteiger partial charge is 0.469 e. The zero-order valence-electron chi connectivity index (χ0n) is 35.1. The van der Waals surface area contributed by atoms with Gasteiger partial charge in [0.15, 0.2) is 6.10 Å². The molecule has 12 nitrogen and oxygen atoms in total. The monoisotopic (exact) mass is 855 g/mol. The van der Waals surface area contributed by atoms with Gasteiger partial charge in [-0.25, -0.2) is 4.57 Å². The number of rotatable bonds is 38. The Morgan fingerprint density at radius 3 is 1.88 bits per heavy atom. The summed E-state index contributed by atoms with van der Waals surface area (Å²) in [5.74, 6) is -2.37. The van der Waals surface area contributed by atoms with Crippen molar-refractivity contribution in [3.63, 3.8) is 0 Å². The van der Waals surface area contributed by atoms with E-state index in [4.69, 9.17) is 20.3 Å².